The van der Waals surface area contributed by atoms with Crippen LogP contribution in [0.3, 0.4) is 0 Å². The summed E-state index contributed by atoms with van der Waals surface area (Å²) >= 11 is 7.19. The van der Waals surface area contributed by atoms with Gasteiger partial charge in [-0.2, -0.15) is 5.10 Å². The van der Waals surface area contributed by atoms with E-state index in [2.05, 4.69) is 20.1 Å². The second-order valence-electron chi connectivity index (χ2n) is 2.65. The third-order valence-corrected chi connectivity index (χ3v) is 3.03. The van der Waals surface area contributed by atoms with Gasteiger partial charge in [-0.15, -0.1) is 0 Å². The number of halogens is 1. The van der Waals surface area contributed by atoms with Crippen LogP contribution in [0, 0.1) is 0 Å². The molecule has 2 aromatic rings. The van der Waals surface area contributed by atoms with Crippen molar-refractivity contribution in [1.82, 2.24) is 24.7 Å². The van der Waals surface area contributed by atoms with Gasteiger partial charge < -0.3 is 5.73 Å². The summed E-state index contributed by atoms with van der Waals surface area (Å²) in [6.45, 7) is 0. The van der Waals surface area contributed by atoms with Crippen LogP contribution < -0.4 is 5.73 Å². The molecule has 0 unspecified atom stereocenters. The summed E-state index contributed by atoms with van der Waals surface area (Å²) in [6.07, 6.45) is 2.92. The summed E-state index contributed by atoms with van der Waals surface area (Å²) in [7, 11) is 1.79. The molecule has 0 saturated heterocycles. The minimum atomic E-state index is 0.184. The van der Waals surface area contributed by atoms with Gasteiger partial charge in [-0.05, 0) is 11.8 Å². The molecule has 0 aliphatic carbocycles. The van der Waals surface area contributed by atoms with Crippen LogP contribution in [0.1, 0.15) is 0 Å². The summed E-state index contributed by atoms with van der Waals surface area (Å²) in [5, 5.41) is 5.63. The van der Waals surface area contributed by atoms with Crippen LogP contribution in [-0.4, -0.2) is 24.7 Å². The molecule has 2 rings (SSSR count). The Morgan fingerprint density at radius 1 is 1.47 bits per heavy atom. The zero-order valence-corrected chi connectivity index (χ0v) is 9.33. The van der Waals surface area contributed by atoms with E-state index < -0.39 is 0 Å². The monoisotopic (exact) mass is 242 g/mol. The van der Waals surface area contributed by atoms with Gasteiger partial charge in [-0.3, -0.25) is 0 Å². The molecule has 0 aromatic carbocycles. The second-order valence-corrected chi connectivity index (χ2v) is 4.01. The maximum atomic E-state index is 5.91. The maximum Gasteiger partial charge on any atom is 0.221 e. The van der Waals surface area contributed by atoms with Gasteiger partial charge in [0.2, 0.25) is 5.95 Å². The average Bonchev–Trinajstić information content (AvgIpc) is 2.58. The normalized spacial score (nSPS) is 10.5. The van der Waals surface area contributed by atoms with Gasteiger partial charge in [-0.1, -0.05) is 11.6 Å². The first-order valence-electron chi connectivity index (χ1n) is 3.96. The zero-order chi connectivity index (χ0) is 10.8. The van der Waals surface area contributed by atoms with Crippen molar-refractivity contribution in [2.75, 3.05) is 5.73 Å². The topological polar surface area (TPSA) is 82.5 Å². The molecule has 15 heavy (non-hydrogen) atoms. The largest absolute Gasteiger partial charge is 0.368 e. The molecular weight excluding hydrogens is 236 g/mol. The minimum absolute atomic E-state index is 0.184. The SMILES string of the molecule is Cn1ncnc1Sc1nc(N)ncc1Cl. The molecule has 0 aliphatic rings. The van der Waals surface area contributed by atoms with Crippen LogP contribution in [0.4, 0.5) is 5.95 Å². The summed E-state index contributed by atoms with van der Waals surface area (Å²) in [5.74, 6) is 0.184. The van der Waals surface area contributed by atoms with Crippen LogP contribution >= 0.6 is 23.4 Å². The van der Waals surface area contributed by atoms with Gasteiger partial charge >= 0.3 is 0 Å². The van der Waals surface area contributed by atoms with Crippen molar-refractivity contribution in [3.8, 4) is 0 Å². The lowest BCUT2D eigenvalue weighted by Gasteiger charge is -2.02. The molecule has 0 aliphatic heterocycles. The Kier molecular flexibility index (Phi) is 2.74. The Balaban J connectivity index is 2.32. The highest BCUT2D eigenvalue weighted by atomic mass is 35.5. The molecule has 8 heteroatoms. The van der Waals surface area contributed by atoms with E-state index in [0.717, 1.165) is 0 Å². The van der Waals surface area contributed by atoms with E-state index in [1.807, 2.05) is 0 Å². The van der Waals surface area contributed by atoms with Crippen LogP contribution in [0.15, 0.2) is 22.7 Å². The highest BCUT2D eigenvalue weighted by Gasteiger charge is 2.09. The Labute approximate surface area is 94.9 Å². The molecule has 0 radical (unpaired) electrons. The number of hydrogen-bond donors (Lipinski definition) is 1. The molecular formula is C7H7ClN6S. The lowest BCUT2D eigenvalue weighted by Crippen LogP contribution is -1.97. The zero-order valence-electron chi connectivity index (χ0n) is 7.75. The standard InChI is InChI=1S/C7H7ClN6S/c1-14-7(11-3-12-14)15-5-4(8)2-10-6(9)13-5/h2-3H,1H3,(H2,9,10,13). The number of rotatable bonds is 2. The van der Waals surface area contributed by atoms with E-state index in [1.165, 1.54) is 24.3 Å². The Morgan fingerprint density at radius 3 is 2.93 bits per heavy atom. The van der Waals surface area contributed by atoms with E-state index >= 15 is 0 Å². The predicted octanol–water partition coefficient (Wildman–Crippen LogP) is 0.992. The van der Waals surface area contributed by atoms with E-state index in [9.17, 15) is 0 Å². The van der Waals surface area contributed by atoms with Gasteiger partial charge in [0.05, 0.1) is 11.2 Å². The van der Waals surface area contributed by atoms with Gasteiger partial charge in [-0.25, -0.2) is 19.6 Å². The predicted molar refractivity (Wildman–Crippen MR) is 56.6 cm³/mol. The fraction of sp³-hybridized carbons (Fsp3) is 0.143. The van der Waals surface area contributed by atoms with Crippen molar-refractivity contribution in [3.05, 3.63) is 17.5 Å². The van der Waals surface area contributed by atoms with Crippen molar-refractivity contribution in [2.45, 2.75) is 10.2 Å². The van der Waals surface area contributed by atoms with Gasteiger partial charge in [0.1, 0.15) is 11.4 Å². The number of nitrogen functional groups attached to an aromatic ring is 1. The molecule has 2 aromatic heterocycles. The fourth-order valence-corrected chi connectivity index (χ4v) is 1.85. The summed E-state index contributed by atoms with van der Waals surface area (Å²) in [6, 6.07) is 0. The molecule has 0 amide bonds. The summed E-state index contributed by atoms with van der Waals surface area (Å²) in [5.41, 5.74) is 5.46. The molecule has 0 bridgehead atoms. The smallest absolute Gasteiger partial charge is 0.221 e. The third-order valence-electron chi connectivity index (χ3n) is 1.59. The lowest BCUT2D eigenvalue weighted by molar-refractivity contribution is 0.684. The third kappa shape index (κ3) is 2.18. The molecule has 0 atom stereocenters. The quantitative estimate of drug-likeness (QED) is 0.791. The van der Waals surface area contributed by atoms with Crippen molar-refractivity contribution in [1.29, 1.82) is 0 Å². The molecule has 0 saturated carbocycles. The first-order chi connectivity index (χ1) is 7.16. The average molecular weight is 243 g/mol. The first kappa shape index (κ1) is 10.2. The number of nitrogens with zero attached hydrogens (tertiary/aromatic N) is 5. The number of aryl methyl sites for hydroxylation is 1. The number of nitrogens with two attached hydrogens (primary N) is 1. The molecule has 2 heterocycles. The van der Waals surface area contributed by atoms with E-state index in [4.69, 9.17) is 17.3 Å². The summed E-state index contributed by atoms with van der Waals surface area (Å²) < 4.78 is 1.62. The molecule has 0 fully saturated rings. The maximum absolute atomic E-state index is 5.91. The van der Waals surface area contributed by atoms with E-state index in [-0.39, 0.29) is 5.95 Å². The van der Waals surface area contributed by atoms with E-state index in [0.29, 0.717) is 15.2 Å². The molecule has 2 N–H and O–H groups in total. The Hall–Kier alpha value is -1.34. The Bertz CT molecular complexity index is 484. The highest BCUT2D eigenvalue weighted by Crippen LogP contribution is 2.29. The Morgan fingerprint density at radius 2 is 2.27 bits per heavy atom. The van der Waals surface area contributed by atoms with Crippen LogP contribution in [0.5, 0.6) is 0 Å². The number of anilines is 1. The fourth-order valence-electron chi connectivity index (χ4n) is 0.900. The second kappa shape index (κ2) is 4.03. The number of hydrogen-bond acceptors (Lipinski definition) is 6. The van der Waals surface area contributed by atoms with Crippen molar-refractivity contribution in [2.24, 2.45) is 7.05 Å². The van der Waals surface area contributed by atoms with Crippen molar-refractivity contribution < 1.29 is 0 Å². The highest BCUT2D eigenvalue weighted by molar-refractivity contribution is 7.99. The first-order valence-corrected chi connectivity index (χ1v) is 5.16. The van der Waals surface area contributed by atoms with Gasteiger partial charge in [0.15, 0.2) is 5.16 Å². The minimum Gasteiger partial charge on any atom is -0.368 e. The molecule has 78 valence electrons. The van der Waals surface area contributed by atoms with Crippen LogP contribution in [0.2, 0.25) is 5.02 Å². The lowest BCUT2D eigenvalue weighted by atomic mass is 10.7. The molecule has 0 spiro atoms. The van der Waals surface area contributed by atoms with Crippen LogP contribution in [-0.2, 0) is 7.05 Å². The van der Waals surface area contributed by atoms with Gasteiger partial charge in [0.25, 0.3) is 0 Å². The van der Waals surface area contributed by atoms with Crippen molar-refractivity contribution >= 4 is 29.3 Å². The van der Waals surface area contributed by atoms with E-state index in [1.54, 1.807) is 11.7 Å². The van der Waals surface area contributed by atoms with Crippen molar-refractivity contribution in [3.63, 3.8) is 0 Å². The molecule has 6 nitrogen and oxygen atoms in total. The van der Waals surface area contributed by atoms with Gasteiger partial charge in [0, 0.05) is 7.05 Å². The summed E-state index contributed by atoms with van der Waals surface area (Å²) in [4.78, 5) is 11.8. The number of aromatic nitrogens is 5. The van der Waals surface area contributed by atoms with Crippen LogP contribution in [0.25, 0.3) is 0 Å².